The molecule has 2 aromatic carbocycles. The Kier molecular flexibility index (Phi) is 5.85. The molecular formula is C16H15BrFNO2S. The molecule has 116 valence electrons. The minimum atomic E-state index is -0.468. The number of thioether (sulfide) groups is 1. The fraction of sp³-hybridized carbons (Fsp3) is 0.188. The maximum atomic E-state index is 13.7. The molecule has 3 nitrogen and oxygen atoms in total. The quantitative estimate of drug-likeness (QED) is 0.759. The molecule has 0 saturated carbocycles. The van der Waals surface area contributed by atoms with Gasteiger partial charge in [-0.05, 0) is 49.4 Å². The molecule has 0 unspecified atom stereocenters. The highest BCUT2D eigenvalue weighted by atomic mass is 79.9. The predicted octanol–water partition coefficient (Wildman–Crippen LogP) is 4.72. The molecule has 22 heavy (non-hydrogen) atoms. The Balaban J connectivity index is 1.99. The highest BCUT2D eigenvalue weighted by Gasteiger charge is 2.16. The van der Waals surface area contributed by atoms with Gasteiger partial charge in [-0.15, -0.1) is 11.8 Å². The second kappa shape index (κ2) is 7.65. The van der Waals surface area contributed by atoms with Crippen molar-refractivity contribution < 1.29 is 13.9 Å². The van der Waals surface area contributed by atoms with Gasteiger partial charge in [0.1, 0.15) is 11.6 Å². The molecule has 0 bridgehead atoms. The second-order valence-electron chi connectivity index (χ2n) is 4.55. The largest absolute Gasteiger partial charge is 0.497 e. The van der Waals surface area contributed by atoms with Gasteiger partial charge in [-0.1, -0.05) is 15.9 Å². The normalized spacial score (nSPS) is 11.8. The van der Waals surface area contributed by atoms with Crippen LogP contribution in [0.1, 0.15) is 6.92 Å². The van der Waals surface area contributed by atoms with E-state index in [1.165, 1.54) is 23.9 Å². The summed E-state index contributed by atoms with van der Waals surface area (Å²) in [5.41, 5.74) is 0.176. The Morgan fingerprint density at radius 2 is 1.95 bits per heavy atom. The first-order valence-corrected chi connectivity index (χ1v) is 8.23. The van der Waals surface area contributed by atoms with Crippen LogP contribution in [-0.4, -0.2) is 18.3 Å². The van der Waals surface area contributed by atoms with Gasteiger partial charge < -0.3 is 10.1 Å². The summed E-state index contributed by atoms with van der Waals surface area (Å²) in [7, 11) is 1.60. The first-order valence-electron chi connectivity index (χ1n) is 6.56. The molecule has 1 atom stereocenters. The summed E-state index contributed by atoms with van der Waals surface area (Å²) in [4.78, 5) is 13.1. The van der Waals surface area contributed by atoms with Crippen LogP contribution < -0.4 is 10.1 Å². The van der Waals surface area contributed by atoms with E-state index >= 15 is 0 Å². The summed E-state index contributed by atoms with van der Waals surface area (Å²) in [6, 6.07) is 12.0. The third-order valence-corrected chi connectivity index (χ3v) is 4.54. The second-order valence-corrected chi connectivity index (χ2v) is 6.88. The van der Waals surface area contributed by atoms with E-state index in [1.54, 1.807) is 20.1 Å². The number of hydrogen-bond donors (Lipinski definition) is 1. The van der Waals surface area contributed by atoms with Crippen LogP contribution in [0.4, 0.5) is 10.1 Å². The number of methoxy groups -OCH3 is 1. The lowest BCUT2D eigenvalue weighted by atomic mass is 10.3. The molecule has 0 aliphatic heterocycles. The molecule has 0 aromatic heterocycles. The summed E-state index contributed by atoms with van der Waals surface area (Å²) < 4.78 is 19.4. The highest BCUT2D eigenvalue weighted by molar-refractivity contribution is 9.10. The molecule has 2 aromatic rings. The number of nitrogens with one attached hydrogen (secondary N) is 1. The lowest BCUT2D eigenvalue weighted by molar-refractivity contribution is -0.115. The molecular weight excluding hydrogens is 369 g/mol. The van der Waals surface area contributed by atoms with Crippen LogP contribution in [0.15, 0.2) is 51.8 Å². The smallest absolute Gasteiger partial charge is 0.237 e. The zero-order chi connectivity index (χ0) is 16.1. The van der Waals surface area contributed by atoms with Crippen molar-refractivity contribution in [2.24, 2.45) is 0 Å². The number of ether oxygens (including phenoxy) is 1. The molecule has 0 spiro atoms. The minimum absolute atomic E-state index is 0.176. The molecule has 0 saturated heterocycles. The zero-order valence-electron chi connectivity index (χ0n) is 12.1. The molecule has 1 amide bonds. The van der Waals surface area contributed by atoms with Gasteiger partial charge in [-0.25, -0.2) is 4.39 Å². The van der Waals surface area contributed by atoms with Gasteiger partial charge in [0.2, 0.25) is 5.91 Å². The van der Waals surface area contributed by atoms with Crippen LogP contribution in [0.25, 0.3) is 0 Å². The van der Waals surface area contributed by atoms with E-state index < -0.39 is 5.82 Å². The van der Waals surface area contributed by atoms with Crippen LogP contribution in [-0.2, 0) is 4.79 Å². The Bertz CT molecular complexity index is 664. The van der Waals surface area contributed by atoms with E-state index in [1.807, 2.05) is 24.3 Å². The lowest BCUT2D eigenvalue weighted by Crippen LogP contribution is -2.22. The topological polar surface area (TPSA) is 38.3 Å². The molecule has 6 heteroatoms. The molecule has 0 radical (unpaired) electrons. The van der Waals surface area contributed by atoms with Crippen LogP contribution in [0.5, 0.6) is 5.75 Å². The van der Waals surface area contributed by atoms with Crippen LogP contribution in [0, 0.1) is 5.82 Å². The SMILES string of the molecule is COc1ccc(S[C@H](C)C(=O)Nc2ccc(Br)cc2F)cc1. The number of benzene rings is 2. The molecule has 0 heterocycles. The predicted molar refractivity (Wildman–Crippen MR) is 91.0 cm³/mol. The fourth-order valence-corrected chi connectivity index (χ4v) is 2.94. The molecule has 0 aliphatic carbocycles. The zero-order valence-corrected chi connectivity index (χ0v) is 14.5. The number of amides is 1. The summed E-state index contributed by atoms with van der Waals surface area (Å²) in [5, 5.41) is 2.25. The Hall–Kier alpha value is -1.53. The third kappa shape index (κ3) is 4.48. The Labute approximate surface area is 141 Å². The number of halogens is 2. The minimum Gasteiger partial charge on any atom is -0.497 e. The van der Waals surface area contributed by atoms with Crippen LogP contribution in [0.3, 0.4) is 0 Å². The first kappa shape index (κ1) is 16.8. The van der Waals surface area contributed by atoms with E-state index in [9.17, 15) is 9.18 Å². The summed E-state index contributed by atoms with van der Waals surface area (Å²) in [6.07, 6.45) is 0. The number of rotatable bonds is 5. The fourth-order valence-electron chi connectivity index (χ4n) is 1.74. The van der Waals surface area contributed by atoms with Gasteiger partial charge in [-0.2, -0.15) is 0 Å². The third-order valence-electron chi connectivity index (χ3n) is 2.93. The van der Waals surface area contributed by atoms with Gasteiger partial charge in [0.25, 0.3) is 0 Å². The van der Waals surface area contributed by atoms with Crippen molar-refractivity contribution in [1.82, 2.24) is 0 Å². The van der Waals surface area contributed by atoms with Crippen molar-refractivity contribution in [2.75, 3.05) is 12.4 Å². The lowest BCUT2D eigenvalue weighted by Gasteiger charge is -2.13. The monoisotopic (exact) mass is 383 g/mol. The van der Waals surface area contributed by atoms with E-state index in [0.29, 0.717) is 4.47 Å². The highest BCUT2D eigenvalue weighted by Crippen LogP contribution is 2.27. The Morgan fingerprint density at radius 3 is 2.55 bits per heavy atom. The van der Waals surface area contributed by atoms with Gasteiger partial charge in [0.15, 0.2) is 0 Å². The van der Waals surface area contributed by atoms with E-state index in [0.717, 1.165) is 10.6 Å². The van der Waals surface area contributed by atoms with Crippen molar-refractivity contribution >= 4 is 39.3 Å². The Morgan fingerprint density at radius 1 is 1.27 bits per heavy atom. The van der Waals surface area contributed by atoms with Gasteiger partial charge >= 0.3 is 0 Å². The molecule has 0 aliphatic rings. The average molecular weight is 384 g/mol. The number of anilines is 1. The number of carbonyl (C=O) groups is 1. The van der Waals surface area contributed by atoms with Crippen molar-refractivity contribution in [3.63, 3.8) is 0 Å². The van der Waals surface area contributed by atoms with Crippen molar-refractivity contribution in [1.29, 1.82) is 0 Å². The maximum Gasteiger partial charge on any atom is 0.237 e. The first-order chi connectivity index (χ1) is 10.5. The van der Waals surface area contributed by atoms with Gasteiger partial charge in [0.05, 0.1) is 18.0 Å². The maximum absolute atomic E-state index is 13.7. The van der Waals surface area contributed by atoms with Crippen LogP contribution >= 0.6 is 27.7 Å². The van der Waals surface area contributed by atoms with E-state index in [-0.39, 0.29) is 16.8 Å². The molecule has 2 rings (SSSR count). The average Bonchev–Trinajstić information content (AvgIpc) is 2.50. The summed E-state index contributed by atoms with van der Waals surface area (Å²) in [5.74, 6) is 0.0461. The molecule has 1 N–H and O–H groups in total. The summed E-state index contributed by atoms with van der Waals surface area (Å²) in [6.45, 7) is 1.78. The number of hydrogen-bond acceptors (Lipinski definition) is 3. The van der Waals surface area contributed by atoms with Crippen molar-refractivity contribution in [2.45, 2.75) is 17.1 Å². The summed E-state index contributed by atoms with van der Waals surface area (Å²) >= 11 is 4.58. The van der Waals surface area contributed by atoms with Crippen molar-refractivity contribution in [3.8, 4) is 5.75 Å². The standard InChI is InChI=1S/C16H15BrFNO2S/c1-10(22-13-6-4-12(21-2)5-7-13)16(20)19-15-8-3-11(17)9-14(15)18/h3-10H,1-2H3,(H,19,20)/t10-/m1/s1. The van der Waals surface area contributed by atoms with E-state index in [4.69, 9.17) is 4.74 Å². The van der Waals surface area contributed by atoms with Gasteiger partial charge in [0, 0.05) is 9.37 Å². The molecule has 0 fully saturated rings. The van der Waals surface area contributed by atoms with Crippen LogP contribution in [0.2, 0.25) is 0 Å². The van der Waals surface area contributed by atoms with Crippen molar-refractivity contribution in [3.05, 3.63) is 52.8 Å². The number of carbonyl (C=O) groups excluding carboxylic acids is 1. The van der Waals surface area contributed by atoms with E-state index in [2.05, 4.69) is 21.2 Å². The van der Waals surface area contributed by atoms with Gasteiger partial charge in [-0.3, -0.25) is 4.79 Å².